The average Bonchev–Trinajstić information content (AvgIpc) is 2.86. The molecule has 1 aromatic carbocycles. The Labute approximate surface area is 135 Å². The maximum atomic E-state index is 11.0. The first-order valence-corrected chi connectivity index (χ1v) is 8.69. The largest absolute Gasteiger partial charge is 0.493 e. The topological polar surface area (TPSA) is 87.9 Å². The van der Waals surface area contributed by atoms with E-state index in [2.05, 4.69) is 4.98 Å². The fourth-order valence-electron chi connectivity index (χ4n) is 2.04. The number of aryl methyl sites for hydroxylation is 1. The van der Waals surface area contributed by atoms with E-state index in [-0.39, 0.29) is 6.61 Å². The van der Waals surface area contributed by atoms with Crippen LogP contribution in [0.2, 0.25) is 0 Å². The van der Waals surface area contributed by atoms with Gasteiger partial charge >= 0.3 is 0 Å². The first kappa shape index (κ1) is 17.3. The molecule has 2 aromatic rings. The Balaban J connectivity index is 2.20. The lowest BCUT2D eigenvalue weighted by Gasteiger charge is -2.07. The molecule has 7 nitrogen and oxygen atoms in total. The van der Waals surface area contributed by atoms with Gasteiger partial charge in [-0.15, -0.1) is 0 Å². The quantitative estimate of drug-likeness (QED) is 0.713. The molecule has 1 aromatic heterocycles. The zero-order valence-corrected chi connectivity index (χ0v) is 14.3. The number of hydrogen-bond donors (Lipinski definition) is 0. The summed E-state index contributed by atoms with van der Waals surface area (Å²) in [5.74, 6) is 2.23. The molecule has 0 spiro atoms. The van der Waals surface area contributed by atoms with Gasteiger partial charge in [-0.1, -0.05) is 0 Å². The van der Waals surface area contributed by atoms with E-state index >= 15 is 0 Å². The molecular weight excluding hydrogens is 322 g/mol. The van der Waals surface area contributed by atoms with E-state index in [1.165, 1.54) is 0 Å². The Kier molecular flexibility index (Phi) is 5.27. The standard InChI is InChI=1S/C15H19NO6S/c1-10-12(7-8-21-23(4,17)18)16-15(22-10)11-5-6-13(19-2)14(9-11)20-3/h5-6,9H,7-8H2,1-4H3. The molecule has 0 amide bonds. The van der Waals surface area contributed by atoms with E-state index in [9.17, 15) is 8.42 Å². The number of rotatable bonds is 7. The second kappa shape index (κ2) is 7.01. The minimum atomic E-state index is -3.46. The predicted octanol–water partition coefficient (Wildman–Crippen LogP) is 2.19. The van der Waals surface area contributed by atoms with Crippen molar-refractivity contribution in [1.82, 2.24) is 4.98 Å². The summed E-state index contributed by atoms with van der Waals surface area (Å²) in [6.07, 6.45) is 1.35. The number of ether oxygens (including phenoxy) is 2. The second-order valence-electron chi connectivity index (χ2n) is 4.87. The number of aromatic nitrogens is 1. The number of hydrogen-bond acceptors (Lipinski definition) is 7. The molecule has 0 radical (unpaired) electrons. The summed E-state index contributed by atoms with van der Waals surface area (Å²) in [5, 5.41) is 0. The molecule has 0 aliphatic heterocycles. The first-order chi connectivity index (χ1) is 10.8. The fourth-order valence-corrected chi connectivity index (χ4v) is 2.43. The van der Waals surface area contributed by atoms with Gasteiger partial charge in [0.2, 0.25) is 5.89 Å². The zero-order valence-electron chi connectivity index (χ0n) is 13.5. The van der Waals surface area contributed by atoms with Crippen LogP contribution in [-0.2, 0) is 20.7 Å². The molecule has 0 aliphatic carbocycles. The molecule has 23 heavy (non-hydrogen) atoms. The van der Waals surface area contributed by atoms with Crippen molar-refractivity contribution in [2.75, 3.05) is 27.1 Å². The Morgan fingerprint density at radius 3 is 2.48 bits per heavy atom. The lowest BCUT2D eigenvalue weighted by molar-refractivity contribution is 0.324. The van der Waals surface area contributed by atoms with Gasteiger partial charge in [0.1, 0.15) is 5.76 Å². The summed E-state index contributed by atoms with van der Waals surface area (Å²) >= 11 is 0. The molecule has 2 rings (SSSR count). The normalized spacial score (nSPS) is 11.5. The van der Waals surface area contributed by atoms with E-state index < -0.39 is 10.1 Å². The highest BCUT2D eigenvalue weighted by Gasteiger charge is 2.14. The monoisotopic (exact) mass is 341 g/mol. The summed E-state index contributed by atoms with van der Waals surface area (Å²) in [4.78, 5) is 4.39. The van der Waals surface area contributed by atoms with Gasteiger partial charge in [0.05, 0.1) is 32.8 Å². The molecule has 0 aliphatic rings. The maximum absolute atomic E-state index is 11.0. The van der Waals surface area contributed by atoms with Gasteiger partial charge < -0.3 is 13.9 Å². The van der Waals surface area contributed by atoms with Gasteiger partial charge in [0, 0.05) is 12.0 Å². The molecule has 0 bridgehead atoms. The highest BCUT2D eigenvalue weighted by Crippen LogP contribution is 2.32. The van der Waals surface area contributed by atoms with Crippen LogP contribution >= 0.6 is 0 Å². The van der Waals surface area contributed by atoms with Crippen LogP contribution in [0.15, 0.2) is 22.6 Å². The summed E-state index contributed by atoms with van der Waals surface area (Å²) in [5.41, 5.74) is 1.39. The number of methoxy groups -OCH3 is 2. The Bertz CT molecular complexity index is 781. The summed E-state index contributed by atoms with van der Waals surface area (Å²) in [6, 6.07) is 5.34. The van der Waals surface area contributed by atoms with E-state index in [4.69, 9.17) is 18.1 Å². The smallest absolute Gasteiger partial charge is 0.264 e. The predicted molar refractivity (Wildman–Crippen MR) is 84.3 cm³/mol. The molecule has 0 fully saturated rings. The summed E-state index contributed by atoms with van der Waals surface area (Å²) in [6.45, 7) is 1.80. The van der Waals surface area contributed by atoms with Gasteiger partial charge in [0.15, 0.2) is 11.5 Å². The van der Waals surface area contributed by atoms with Gasteiger partial charge in [0.25, 0.3) is 10.1 Å². The first-order valence-electron chi connectivity index (χ1n) is 6.87. The second-order valence-corrected chi connectivity index (χ2v) is 6.51. The van der Waals surface area contributed by atoms with Crippen LogP contribution in [0.1, 0.15) is 11.5 Å². The van der Waals surface area contributed by atoms with Crippen molar-refractivity contribution < 1.29 is 26.5 Å². The third-order valence-electron chi connectivity index (χ3n) is 3.16. The number of benzene rings is 1. The lowest BCUT2D eigenvalue weighted by Crippen LogP contribution is -2.06. The van der Waals surface area contributed by atoms with Crippen LogP contribution in [0.5, 0.6) is 11.5 Å². The van der Waals surface area contributed by atoms with Crippen molar-refractivity contribution in [3.63, 3.8) is 0 Å². The maximum Gasteiger partial charge on any atom is 0.264 e. The molecule has 0 saturated carbocycles. The minimum Gasteiger partial charge on any atom is -0.493 e. The Morgan fingerprint density at radius 2 is 1.87 bits per heavy atom. The van der Waals surface area contributed by atoms with Gasteiger partial charge in [-0.05, 0) is 25.1 Å². The molecule has 126 valence electrons. The lowest BCUT2D eigenvalue weighted by atomic mass is 10.2. The van der Waals surface area contributed by atoms with E-state index in [0.29, 0.717) is 35.3 Å². The SMILES string of the molecule is COc1ccc(-c2nc(CCOS(C)(=O)=O)c(C)o2)cc1OC. The van der Waals surface area contributed by atoms with Crippen LogP contribution in [0.3, 0.4) is 0 Å². The average molecular weight is 341 g/mol. The highest BCUT2D eigenvalue weighted by molar-refractivity contribution is 7.85. The van der Waals surface area contributed by atoms with Crippen molar-refractivity contribution in [2.45, 2.75) is 13.3 Å². The van der Waals surface area contributed by atoms with E-state index in [0.717, 1.165) is 11.8 Å². The Morgan fingerprint density at radius 1 is 1.17 bits per heavy atom. The zero-order chi connectivity index (χ0) is 17.0. The van der Waals surface area contributed by atoms with Crippen molar-refractivity contribution in [3.05, 3.63) is 29.7 Å². The molecule has 0 unspecified atom stereocenters. The van der Waals surface area contributed by atoms with E-state index in [1.54, 1.807) is 33.3 Å². The van der Waals surface area contributed by atoms with Gasteiger partial charge in [-0.3, -0.25) is 4.18 Å². The molecule has 0 N–H and O–H groups in total. The van der Waals surface area contributed by atoms with Crippen LogP contribution in [-0.4, -0.2) is 40.5 Å². The molecule has 0 atom stereocenters. The van der Waals surface area contributed by atoms with Crippen LogP contribution < -0.4 is 9.47 Å². The number of oxazole rings is 1. The van der Waals surface area contributed by atoms with Crippen LogP contribution in [0.25, 0.3) is 11.5 Å². The molecule has 8 heteroatoms. The molecule has 1 heterocycles. The highest BCUT2D eigenvalue weighted by atomic mass is 32.2. The summed E-state index contributed by atoms with van der Waals surface area (Å²) in [7, 11) is -0.344. The third kappa shape index (κ3) is 4.46. The number of nitrogens with zero attached hydrogens (tertiary/aromatic N) is 1. The van der Waals surface area contributed by atoms with Crippen molar-refractivity contribution in [2.24, 2.45) is 0 Å². The van der Waals surface area contributed by atoms with Crippen LogP contribution in [0, 0.1) is 6.92 Å². The minimum absolute atomic E-state index is 0.0254. The van der Waals surface area contributed by atoms with Gasteiger partial charge in [-0.25, -0.2) is 4.98 Å². The Hall–Kier alpha value is -2.06. The van der Waals surface area contributed by atoms with Crippen molar-refractivity contribution in [3.8, 4) is 23.0 Å². The summed E-state index contributed by atoms with van der Waals surface area (Å²) < 4.78 is 42.8. The van der Waals surface area contributed by atoms with Crippen LogP contribution in [0.4, 0.5) is 0 Å². The molecule has 0 saturated heterocycles. The van der Waals surface area contributed by atoms with Crippen molar-refractivity contribution in [1.29, 1.82) is 0 Å². The van der Waals surface area contributed by atoms with Crippen molar-refractivity contribution >= 4 is 10.1 Å². The molecular formula is C15H19NO6S. The van der Waals surface area contributed by atoms with E-state index in [1.807, 2.05) is 6.07 Å². The fraction of sp³-hybridized carbons (Fsp3) is 0.400. The van der Waals surface area contributed by atoms with Gasteiger partial charge in [-0.2, -0.15) is 8.42 Å². The third-order valence-corrected chi connectivity index (χ3v) is 3.75.